The number of carbonyl (C=O) groups is 2. The van der Waals surface area contributed by atoms with Crippen molar-refractivity contribution in [2.24, 2.45) is 13.0 Å². The number of carbonyl (C=O) groups excluding carboxylic acids is 2. The normalized spacial score (nSPS) is 20.6. The minimum absolute atomic E-state index is 0.0219. The van der Waals surface area contributed by atoms with E-state index < -0.39 is 0 Å². The van der Waals surface area contributed by atoms with Gasteiger partial charge in [-0.05, 0) is 25.7 Å². The summed E-state index contributed by atoms with van der Waals surface area (Å²) in [5.74, 6) is 1.08. The van der Waals surface area contributed by atoms with Gasteiger partial charge in [0.15, 0.2) is 5.16 Å². The molecule has 1 heterocycles. The Hall–Kier alpha value is -1.57. The third-order valence-electron chi connectivity index (χ3n) is 4.32. The molecule has 2 rings (SSSR count). The van der Waals surface area contributed by atoms with Crippen molar-refractivity contribution in [3.05, 3.63) is 5.82 Å². The van der Waals surface area contributed by atoms with E-state index in [0.717, 1.165) is 6.42 Å². The van der Waals surface area contributed by atoms with Crippen LogP contribution in [0, 0.1) is 5.92 Å². The Labute approximate surface area is 146 Å². The van der Waals surface area contributed by atoms with E-state index in [9.17, 15) is 9.59 Å². The Balaban J connectivity index is 1.82. The molecule has 1 aromatic rings. The topological polar surface area (TPSA) is 86.1 Å². The maximum absolute atomic E-state index is 12.1. The summed E-state index contributed by atoms with van der Waals surface area (Å²) in [6, 6.07) is 0.283. The van der Waals surface area contributed by atoms with Gasteiger partial charge in [0.1, 0.15) is 12.2 Å². The highest BCUT2D eigenvalue weighted by Gasteiger charge is 2.23. The quantitative estimate of drug-likeness (QED) is 0.592. The third kappa shape index (κ3) is 5.22. The van der Waals surface area contributed by atoms with Crippen molar-refractivity contribution in [1.82, 2.24) is 20.1 Å². The van der Waals surface area contributed by atoms with Gasteiger partial charge in [-0.1, -0.05) is 31.5 Å². The second kappa shape index (κ2) is 9.05. The van der Waals surface area contributed by atoms with Crippen molar-refractivity contribution in [3.8, 4) is 0 Å². The van der Waals surface area contributed by atoms with Gasteiger partial charge >= 0.3 is 5.97 Å². The van der Waals surface area contributed by atoms with E-state index in [1.807, 2.05) is 0 Å². The summed E-state index contributed by atoms with van der Waals surface area (Å²) in [6.45, 7) is 4.31. The van der Waals surface area contributed by atoms with Crippen molar-refractivity contribution in [1.29, 1.82) is 0 Å². The largest absolute Gasteiger partial charge is 0.466 e. The molecule has 24 heavy (non-hydrogen) atoms. The predicted octanol–water partition coefficient (Wildman–Crippen LogP) is 1.71. The fraction of sp³-hybridized carbons (Fsp3) is 0.750. The molecule has 0 saturated heterocycles. The van der Waals surface area contributed by atoms with Crippen LogP contribution >= 0.6 is 11.8 Å². The summed E-state index contributed by atoms with van der Waals surface area (Å²) in [4.78, 5) is 23.7. The summed E-state index contributed by atoms with van der Waals surface area (Å²) >= 11 is 1.33. The van der Waals surface area contributed by atoms with Crippen LogP contribution in [0.15, 0.2) is 5.16 Å². The number of thioether (sulfide) groups is 1. The summed E-state index contributed by atoms with van der Waals surface area (Å²) in [7, 11) is 1.79. The predicted molar refractivity (Wildman–Crippen MR) is 91.6 cm³/mol. The molecule has 1 amide bonds. The van der Waals surface area contributed by atoms with Gasteiger partial charge in [0.25, 0.3) is 0 Å². The molecule has 0 spiro atoms. The number of hydrogen-bond donors (Lipinski definition) is 1. The van der Waals surface area contributed by atoms with Crippen LogP contribution in [0.5, 0.6) is 0 Å². The Kier molecular flexibility index (Phi) is 7.08. The first-order chi connectivity index (χ1) is 11.5. The molecule has 1 aliphatic rings. The van der Waals surface area contributed by atoms with Gasteiger partial charge in [0.2, 0.25) is 5.91 Å². The zero-order valence-corrected chi connectivity index (χ0v) is 15.4. The first-order valence-electron chi connectivity index (χ1n) is 8.47. The van der Waals surface area contributed by atoms with E-state index in [2.05, 4.69) is 22.4 Å². The van der Waals surface area contributed by atoms with Gasteiger partial charge in [-0.3, -0.25) is 9.59 Å². The second-order valence-electron chi connectivity index (χ2n) is 6.16. The van der Waals surface area contributed by atoms with E-state index in [1.165, 1.54) is 31.0 Å². The molecule has 0 bridgehead atoms. The van der Waals surface area contributed by atoms with Gasteiger partial charge in [-0.15, -0.1) is 10.2 Å². The highest BCUT2D eigenvalue weighted by molar-refractivity contribution is 7.99. The van der Waals surface area contributed by atoms with E-state index in [4.69, 9.17) is 4.74 Å². The molecule has 1 saturated carbocycles. The van der Waals surface area contributed by atoms with Crippen LogP contribution in [0.25, 0.3) is 0 Å². The molecule has 0 radical (unpaired) electrons. The molecule has 134 valence electrons. The summed E-state index contributed by atoms with van der Waals surface area (Å²) in [6.07, 6.45) is 4.76. The van der Waals surface area contributed by atoms with Crippen LogP contribution in [0.2, 0.25) is 0 Å². The SMILES string of the molecule is CCOC(=O)Cc1nnc(SCC(=O)N[C@H]2CCCC[C@H]2C)n1C. The minimum Gasteiger partial charge on any atom is -0.466 e. The van der Waals surface area contributed by atoms with Crippen molar-refractivity contribution in [2.45, 2.75) is 57.1 Å². The Morgan fingerprint density at radius 3 is 2.79 bits per heavy atom. The average Bonchev–Trinajstić information content (AvgIpc) is 2.88. The number of aromatic nitrogens is 3. The summed E-state index contributed by atoms with van der Waals surface area (Å²) < 4.78 is 6.65. The smallest absolute Gasteiger partial charge is 0.313 e. The van der Waals surface area contributed by atoms with Crippen LogP contribution in [0.4, 0.5) is 0 Å². The zero-order chi connectivity index (χ0) is 17.5. The Morgan fingerprint density at radius 2 is 2.08 bits per heavy atom. The molecule has 1 aliphatic carbocycles. The molecule has 1 N–H and O–H groups in total. The first kappa shape index (κ1) is 18.8. The average molecular weight is 354 g/mol. The monoisotopic (exact) mass is 354 g/mol. The van der Waals surface area contributed by atoms with E-state index in [1.54, 1.807) is 18.5 Å². The highest BCUT2D eigenvalue weighted by Crippen LogP contribution is 2.24. The lowest BCUT2D eigenvalue weighted by Crippen LogP contribution is -2.41. The lowest BCUT2D eigenvalue weighted by Gasteiger charge is -2.29. The third-order valence-corrected chi connectivity index (χ3v) is 5.34. The van der Waals surface area contributed by atoms with Crippen LogP contribution in [-0.2, 0) is 27.8 Å². The van der Waals surface area contributed by atoms with E-state index >= 15 is 0 Å². The number of nitrogens with zero attached hydrogens (tertiary/aromatic N) is 3. The van der Waals surface area contributed by atoms with Gasteiger partial charge in [0, 0.05) is 13.1 Å². The maximum atomic E-state index is 12.1. The van der Waals surface area contributed by atoms with E-state index in [-0.39, 0.29) is 24.3 Å². The Bertz CT molecular complexity index is 576. The van der Waals surface area contributed by atoms with Crippen molar-refractivity contribution in [2.75, 3.05) is 12.4 Å². The fourth-order valence-corrected chi connectivity index (χ4v) is 3.62. The molecule has 7 nitrogen and oxygen atoms in total. The fourth-order valence-electron chi connectivity index (χ4n) is 2.88. The number of hydrogen-bond acceptors (Lipinski definition) is 6. The standard InChI is InChI=1S/C16H26N4O3S/c1-4-23-15(22)9-13-18-19-16(20(13)3)24-10-14(21)17-12-8-6-5-7-11(12)2/h11-12H,4-10H2,1-3H3,(H,17,21)/t11-,12+/m1/s1. The maximum Gasteiger partial charge on any atom is 0.313 e. The highest BCUT2D eigenvalue weighted by atomic mass is 32.2. The molecule has 0 aromatic carbocycles. The molecule has 0 aliphatic heterocycles. The molecule has 1 fully saturated rings. The lowest BCUT2D eigenvalue weighted by atomic mass is 9.86. The van der Waals surface area contributed by atoms with Crippen LogP contribution < -0.4 is 5.32 Å². The molecular weight excluding hydrogens is 328 g/mol. The number of rotatable bonds is 7. The number of amides is 1. The number of esters is 1. The van der Waals surface area contributed by atoms with Crippen LogP contribution in [0.1, 0.15) is 45.4 Å². The second-order valence-corrected chi connectivity index (χ2v) is 7.11. The molecule has 0 unspecified atom stereocenters. The van der Waals surface area contributed by atoms with Crippen molar-refractivity contribution >= 4 is 23.6 Å². The van der Waals surface area contributed by atoms with Gasteiger partial charge in [-0.25, -0.2) is 0 Å². The summed E-state index contributed by atoms with van der Waals surface area (Å²) in [5, 5.41) is 11.8. The molecular formula is C16H26N4O3S. The van der Waals surface area contributed by atoms with Crippen LogP contribution in [-0.4, -0.2) is 45.0 Å². The molecule has 8 heteroatoms. The molecule has 1 aromatic heterocycles. The van der Waals surface area contributed by atoms with Gasteiger partial charge in [0.05, 0.1) is 12.4 Å². The Morgan fingerprint density at radius 1 is 1.33 bits per heavy atom. The van der Waals surface area contributed by atoms with Gasteiger partial charge in [-0.2, -0.15) is 0 Å². The van der Waals surface area contributed by atoms with E-state index in [0.29, 0.717) is 29.3 Å². The molecule has 2 atom stereocenters. The van der Waals surface area contributed by atoms with Gasteiger partial charge < -0.3 is 14.6 Å². The number of ether oxygens (including phenoxy) is 1. The van der Waals surface area contributed by atoms with Crippen molar-refractivity contribution in [3.63, 3.8) is 0 Å². The zero-order valence-electron chi connectivity index (χ0n) is 14.6. The van der Waals surface area contributed by atoms with Crippen molar-refractivity contribution < 1.29 is 14.3 Å². The van der Waals surface area contributed by atoms with Crippen LogP contribution in [0.3, 0.4) is 0 Å². The number of nitrogens with one attached hydrogen (secondary N) is 1. The lowest BCUT2D eigenvalue weighted by molar-refractivity contribution is -0.142. The summed E-state index contributed by atoms with van der Waals surface area (Å²) in [5.41, 5.74) is 0. The minimum atomic E-state index is -0.325. The first-order valence-corrected chi connectivity index (χ1v) is 9.45.